The van der Waals surface area contributed by atoms with Crippen LogP contribution in [0.2, 0.25) is 0 Å². The minimum atomic E-state index is -0.580. The van der Waals surface area contributed by atoms with Crippen molar-refractivity contribution in [3.05, 3.63) is 35.4 Å². The Morgan fingerprint density at radius 2 is 2.11 bits per heavy atom. The topological polar surface area (TPSA) is 103 Å². The molecule has 1 amide bonds. The molecule has 1 aromatic heterocycles. The zero-order chi connectivity index (χ0) is 13.8. The quantitative estimate of drug-likeness (QED) is 0.768. The summed E-state index contributed by atoms with van der Waals surface area (Å²) >= 11 is 1.12. The van der Waals surface area contributed by atoms with E-state index in [2.05, 4.69) is 9.69 Å². The van der Waals surface area contributed by atoms with Gasteiger partial charge in [0.15, 0.2) is 5.82 Å². The van der Waals surface area contributed by atoms with Crippen LogP contribution in [-0.4, -0.2) is 17.4 Å². The molecule has 0 unspecified atom stereocenters. The molecular formula is C12H14N4O2S. The van der Waals surface area contributed by atoms with Crippen LogP contribution in [0, 0.1) is 0 Å². The molecule has 0 aliphatic rings. The average molecular weight is 278 g/mol. The minimum absolute atomic E-state index is 0.162. The summed E-state index contributed by atoms with van der Waals surface area (Å²) in [5.41, 5.74) is 12.1. The van der Waals surface area contributed by atoms with Crippen molar-refractivity contribution in [1.29, 1.82) is 0 Å². The minimum Gasteiger partial charge on any atom is -0.497 e. The Hall–Kier alpha value is -2.28. The van der Waals surface area contributed by atoms with Crippen LogP contribution >= 0.6 is 11.5 Å². The number of nitrogens with zero attached hydrogens (tertiary/aromatic N) is 1. The number of hydrogen-bond donors (Lipinski definition) is 3. The van der Waals surface area contributed by atoms with E-state index in [-0.39, 0.29) is 11.4 Å². The number of nitrogens with two attached hydrogens (primary N) is 2. The van der Waals surface area contributed by atoms with E-state index in [4.69, 9.17) is 16.2 Å². The first-order chi connectivity index (χ1) is 9.11. The Morgan fingerprint density at radius 1 is 1.42 bits per heavy atom. The molecule has 0 saturated heterocycles. The van der Waals surface area contributed by atoms with Gasteiger partial charge in [0.2, 0.25) is 0 Å². The fourth-order valence-electron chi connectivity index (χ4n) is 1.59. The number of ether oxygens (including phenoxy) is 1. The Kier molecular flexibility index (Phi) is 3.86. The van der Waals surface area contributed by atoms with E-state index < -0.39 is 5.91 Å². The molecule has 5 N–H and O–H groups in total. The molecule has 1 aromatic carbocycles. The van der Waals surface area contributed by atoms with Crippen molar-refractivity contribution in [2.45, 2.75) is 6.54 Å². The highest BCUT2D eigenvalue weighted by molar-refractivity contribution is 7.11. The van der Waals surface area contributed by atoms with Crippen molar-refractivity contribution in [1.82, 2.24) is 4.37 Å². The van der Waals surface area contributed by atoms with Gasteiger partial charge in [-0.3, -0.25) is 4.79 Å². The van der Waals surface area contributed by atoms with Gasteiger partial charge in [0.25, 0.3) is 5.91 Å². The predicted molar refractivity (Wildman–Crippen MR) is 75.4 cm³/mol. The molecule has 1 heterocycles. The largest absolute Gasteiger partial charge is 0.497 e. The molecule has 0 radical (unpaired) electrons. The maximum atomic E-state index is 11.3. The third-order valence-electron chi connectivity index (χ3n) is 2.58. The second kappa shape index (κ2) is 5.57. The molecule has 0 aliphatic heterocycles. The average Bonchev–Trinajstić information content (AvgIpc) is 2.78. The number of benzene rings is 1. The number of aromatic nitrogens is 1. The number of nitrogens with one attached hydrogen (secondary N) is 1. The van der Waals surface area contributed by atoms with Crippen LogP contribution in [0.25, 0.3) is 0 Å². The third-order valence-corrected chi connectivity index (χ3v) is 3.40. The van der Waals surface area contributed by atoms with Gasteiger partial charge in [-0.05, 0) is 29.2 Å². The highest BCUT2D eigenvalue weighted by Gasteiger charge is 2.16. The first-order valence-electron chi connectivity index (χ1n) is 5.53. The summed E-state index contributed by atoms with van der Waals surface area (Å²) in [5.74, 6) is 0.377. The summed E-state index contributed by atoms with van der Waals surface area (Å²) < 4.78 is 8.99. The Labute approximate surface area is 114 Å². The van der Waals surface area contributed by atoms with Gasteiger partial charge in [0, 0.05) is 6.54 Å². The van der Waals surface area contributed by atoms with Gasteiger partial charge in [-0.1, -0.05) is 12.1 Å². The molecule has 0 spiro atoms. The van der Waals surface area contributed by atoms with Gasteiger partial charge in [0.1, 0.15) is 16.3 Å². The monoisotopic (exact) mass is 278 g/mol. The molecule has 7 heteroatoms. The summed E-state index contributed by atoms with van der Waals surface area (Å²) in [6, 6.07) is 7.60. The molecule has 2 aromatic rings. The van der Waals surface area contributed by atoms with Gasteiger partial charge >= 0.3 is 0 Å². The maximum absolute atomic E-state index is 11.3. The number of carbonyl (C=O) groups excluding carboxylic acids is 1. The number of rotatable bonds is 5. The fraction of sp³-hybridized carbons (Fsp3) is 0.167. The Morgan fingerprint density at radius 3 is 2.68 bits per heavy atom. The molecule has 0 saturated carbocycles. The number of nitrogen functional groups attached to an aromatic ring is 1. The highest BCUT2D eigenvalue weighted by Crippen LogP contribution is 2.26. The van der Waals surface area contributed by atoms with Crippen LogP contribution in [0.4, 0.5) is 10.8 Å². The highest BCUT2D eigenvalue weighted by atomic mass is 32.1. The van der Waals surface area contributed by atoms with E-state index in [0.717, 1.165) is 22.8 Å². The molecule has 0 fully saturated rings. The van der Waals surface area contributed by atoms with Crippen LogP contribution in [-0.2, 0) is 6.54 Å². The smallest absolute Gasteiger partial charge is 0.255 e. The van der Waals surface area contributed by atoms with E-state index in [0.29, 0.717) is 11.5 Å². The van der Waals surface area contributed by atoms with Crippen molar-refractivity contribution < 1.29 is 9.53 Å². The molecule has 19 heavy (non-hydrogen) atoms. The van der Waals surface area contributed by atoms with Crippen LogP contribution in [0.5, 0.6) is 5.75 Å². The lowest BCUT2D eigenvalue weighted by molar-refractivity contribution is 0.100. The Bertz CT molecular complexity index is 580. The van der Waals surface area contributed by atoms with Crippen molar-refractivity contribution >= 4 is 28.3 Å². The summed E-state index contributed by atoms with van der Waals surface area (Å²) in [5, 5.41) is 3.69. The summed E-state index contributed by atoms with van der Waals surface area (Å²) in [7, 11) is 1.62. The van der Waals surface area contributed by atoms with Gasteiger partial charge in [0.05, 0.1) is 7.11 Å². The number of anilines is 2. The van der Waals surface area contributed by atoms with Crippen LogP contribution < -0.4 is 21.5 Å². The van der Waals surface area contributed by atoms with E-state index in [1.165, 1.54) is 0 Å². The first kappa shape index (κ1) is 13.2. The van der Waals surface area contributed by atoms with Crippen LogP contribution in [0.15, 0.2) is 24.3 Å². The summed E-state index contributed by atoms with van der Waals surface area (Å²) in [6.07, 6.45) is 0. The number of hydrogen-bond acceptors (Lipinski definition) is 6. The van der Waals surface area contributed by atoms with Crippen molar-refractivity contribution in [3.8, 4) is 5.75 Å². The number of methoxy groups -OCH3 is 1. The van der Waals surface area contributed by atoms with Gasteiger partial charge in [-0.15, -0.1) is 0 Å². The second-order valence-corrected chi connectivity index (χ2v) is 4.61. The second-order valence-electron chi connectivity index (χ2n) is 3.84. The third kappa shape index (κ3) is 2.94. The van der Waals surface area contributed by atoms with E-state index in [1.54, 1.807) is 7.11 Å². The molecule has 6 nitrogen and oxygen atoms in total. The Balaban J connectivity index is 2.08. The van der Waals surface area contributed by atoms with Gasteiger partial charge < -0.3 is 21.5 Å². The normalized spacial score (nSPS) is 10.2. The zero-order valence-corrected chi connectivity index (χ0v) is 11.2. The van der Waals surface area contributed by atoms with E-state index >= 15 is 0 Å². The molecule has 0 aliphatic carbocycles. The standard InChI is InChI=1S/C12H14N4O2S/c1-18-8-4-2-7(3-5-8)6-15-12-9(11(14)17)10(13)16-19-12/h2-5,15H,6H2,1H3,(H2,13,16)(H2,14,17). The van der Waals surface area contributed by atoms with E-state index in [9.17, 15) is 4.79 Å². The summed E-state index contributed by atoms with van der Waals surface area (Å²) in [4.78, 5) is 11.3. The SMILES string of the molecule is COc1ccc(CNc2snc(N)c2C(N)=O)cc1. The summed E-state index contributed by atoms with van der Waals surface area (Å²) in [6.45, 7) is 0.548. The molecule has 0 bridgehead atoms. The first-order valence-corrected chi connectivity index (χ1v) is 6.31. The number of amides is 1. The van der Waals surface area contributed by atoms with Crippen LogP contribution in [0.3, 0.4) is 0 Å². The number of primary amides is 1. The lowest BCUT2D eigenvalue weighted by Crippen LogP contribution is -2.14. The fourth-order valence-corrected chi connectivity index (χ4v) is 2.30. The zero-order valence-electron chi connectivity index (χ0n) is 10.3. The molecule has 0 atom stereocenters. The van der Waals surface area contributed by atoms with Crippen molar-refractivity contribution in [2.24, 2.45) is 5.73 Å². The molecule has 2 rings (SSSR count). The van der Waals surface area contributed by atoms with Crippen LogP contribution in [0.1, 0.15) is 15.9 Å². The number of carbonyl (C=O) groups is 1. The lowest BCUT2D eigenvalue weighted by atomic mass is 10.2. The lowest BCUT2D eigenvalue weighted by Gasteiger charge is -2.06. The molecular weight excluding hydrogens is 264 g/mol. The van der Waals surface area contributed by atoms with Gasteiger partial charge in [-0.25, -0.2) is 0 Å². The van der Waals surface area contributed by atoms with Crippen molar-refractivity contribution in [2.75, 3.05) is 18.2 Å². The van der Waals surface area contributed by atoms with E-state index in [1.807, 2.05) is 24.3 Å². The van der Waals surface area contributed by atoms with Crippen molar-refractivity contribution in [3.63, 3.8) is 0 Å². The predicted octanol–water partition coefficient (Wildman–Crippen LogP) is 1.44. The maximum Gasteiger partial charge on any atom is 0.255 e. The van der Waals surface area contributed by atoms with Gasteiger partial charge in [-0.2, -0.15) is 4.37 Å². The molecule has 100 valence electrons.